The van der Waals surface area contributed by atoms with Gasteiger partial charge in [-0.15, -0.1) is 0 Å². The Morgan fingerprint density at radius 3 is 2.80 bits per heavy atom. The molecule has 0 fully saturated rings. The van der Waals surface area contributed by atoms with Gasteiger partial charge in [-0.05, 0) is 12.5 Å². The van der Waals surface area contributed by atoms with Gasteiger partial charge in [-0.1, -0.05) is 19.8 Å². The van der Waals surface area contributed by atoms with Gasteiger partial charge in [0.05, 0.1) is 11.9 Å². The van der Waals surface area contributed by atoms with Gasteiger partial charge in [0.25, 0.3) is 0 Å². The summed E-state index contributed by atoms with van der Waals surface area (Å²) >= 11 is 0. The molecule has 1 N–H and O–H groups in total. The first-order valence-electron chi connectivity index (χ1n) is 6.26. The molecule has 0 spiro atoms. The highest BCUT2D eigenvalue weighted by Gasteiger charge is 2.21. The van der Waals surface area contributed by atoms with Crippen LogP contribution in [0.1, 0.15) is 36.7 Å². The predicted octanol–water partition coefficient (Wildman–Crippen LogP) is 1.39. The van der Waals surface area contributed by atoms with Crippen molar-refractivity contribution in [2.45, 2.75) is 31.1 Å². The van der Waals surface area contributed by atoms with Crippen molar-refractivity contribution in [3.8, 4) is 0 Å². The van der Waals surface area contributed by atoms with E-state index < -0.39 is 15.8 Å². The highest BCUT2D eigenvalue weighted by Crippen LogP contribution is 2.18. The number of nitrogens with zero attached hydrogens (tertiary/aromatic N) is 3. The van der Waals surface area contributed by atoms with Gasteiger partial charge in [0, 0.05) is 6.20 Å². The molecule has 0 aliphatic heterocycles. The Hall–Kier alpha value is -1.96. The van der Waals surface area contributed by atoms with Crippen LogP contribution >= 0.6 is 0 Å². The first-order chi connectivity index (χ1) is 9.45. The molecule has 0 radical (unpaired) electrons. The molecule has 0 saturated heterocycles. The van der Waals surface area contributed by atoms with Gasteiger partial charge >= 0.3 is 5.97 Å². The van der Waals surface area contributed by atoms with Gasteiger partial charge in [-0.25, -0.2) is 22.7 Å². The maximum absolute atomic E-state index is 12.2. The van der Waals surface area contributed by atoms with Crippen molar-refractivity contribution >= 4 is 21.5 Å². The predicted molar refractivity (Wildman–Crippen MR) is 71.5 cm³/mol. The molecule has 2 aromatic heterocycles. The van der Waals surface area contributed by atoms with Crippen LogP contribution in [0, 0.1) is 0 Å². The second-order valence-electron chi connectivity index (χ2n) is 4.42. The van der Waals surface area contributed by atoms with Crippen LogP contribution in [0.3, 0.4) is 0 Å². The molecule has 2 rings (SSSR count). The molecule has 2 heterocycles. The van der Waals surface area contributed by atoms with Crippen molar-refractivity contribution in [3.63, 3.8) is 0 Å². The highest BCUT2D eigenvalue weighted by atomic mass is 32.2. The number of carbonyl (C=O) groups is 1. The lowest BCUT2D eigenvalue weighted by Gasteiger charge is -2.02. The fourth-order valence-corrected chi connectivity index (χ4v) is 3.27. The van der Waals surface area contributed by atoms with Gasteiger partial charge in [-0.3, -0.25) is 0 Å². The van der Waals surface area contributed by atoms with Gasteiger partial charge < -0.3 is 5.11 Å². The average Bonchev–Trinajstić information content (AvgIpc) is 2.82. The van der Waals surface area contributed by atoms with E-state index in [9.17, 15) is 13.2 Å². The number of carboxylic acid groups (broad SMARTS) is 1. The lowest BCUT2D eigenvalue weighted by atomic mass is 10.3. The second-order valence-corrected chi connectivity index (χ2v) is 6.50. The molecule has 0 saturated carbocycles. The molecule has 8 heteroatoms. The molecule has 0 aliphatic carbocycles. The lowest BCUT2D eigenvalue weighted by Crippen LogP contribution is -2.08. The Balaban J connectivity index is 2.43. The number of fused-ring (bicyclic) bond motifs is 1. The van der Waals surface area contributed by atoms with Crippen LogP contribution < -0.4 is 0 Å². The molecule has 7 nitrogen and oxygen atoms in total. The van der Waals surface area contributed by atoms with E-state index in [1.807, 2.05) is 6.92 Å². The summed E-state index contributed by atoms with van der Waals surface area (Å²) in [6, 6.07) is 1.27. The first-order valence-corrected chi connectivity index (χ1v) is 7.91. The molecular weight excluding hydrogens is 282 g/mol. The van der Waals surface area contributed by atoms with Gasteiger partial charge in [-0.2, -0.15) is 5.10 Å². The molecule has 0 aromatic carbocycles. The SMILES string of the molecule is CCCCCS(=O)(=O)c1cnn2ccc(C(=O)O)nc12. The second kappa shape index (κ2) is 5.58. The lowest BCUT2D eigenvalue weighted by molar-refractivity contribution is 0.0690. The summed E-state index contributed by atoms with van der Waals surface area (Å²) in [4.78, 5) is 14.7. The molecule has 0 atom stereocenters. The monoisotopic (exact) mass is 297 g/mol. The number of rotatable bonds is 6. The highest BCUT2D eigenvalue weighted by molar-refractivity contribution is 7.91. The minimum atomic E-state index is -3.50. The van der Waals surface area contributed by atoms with E-state index in [-0.39, 0.29) is 22.0 Å². The van der Waals surface area contributed by atoms with Crippen LogP contribution in [0.2, 0.25) is 0 Å². The molecule has 20 heavy (non-hydrogen) atoms. The smallest absolute Gasteiger partial charge is 0.354 e. The molecular formula is C12H15N3O4S. The van der Waals surface area contributed by atoms with Crippen LogP contribution in [0.15, 0.2) is 23.4 Å². The fraction of sp³-hybridized carbons (Fsp3) is 0.417. The summed E-state index contributed by atoms with van der Waals surface area (Å²) in [6.07, 6.45) is 4.92. The number of hydrogen-bond acceptors (Lipinski definition) is 5. The molecule has 0 bridgehead atoms. The van der Waals surface area contributed by atoms with Gasteiger partial charge in [0.15, 0.2) is 21.2 Å². The Labute approximate surface area is 116 Å². The van der Waals surface area contributed by atoms with Crippen LogP contribution in [0.5, 0.6) is 0 Å². The normalized spacial score (nSPS) is 11.8. The third kappa shape index (κ3) is 2.79. The quantitative estimate of drug-likeness (QED) is 0.808. The molecule has 2 aromatic rings. The van der Waals surface area contributed by atoms with Crippen molar-refractivity contribution in [1.82, 2.24) is 14.6 Å². The first kappa shape index (κ1) is 14.4. The molecule has 108 valence electrons. The van der Waals surface area contributed by atoms with Crippen LogP contribution in [-0.4, -0.2) is 39.8 Å². The van der Waals surface area contributed by atoms with Crippen LogP contribution in [0.25, 0.3) is 5.65 Å². The number of hydrogen-bond donors (Lipinski definition) is 1. The summed E-state index contributed by atoms with van der Waals surface area (Å²) < 4.78 is 25.7. The summed E-state index contributed by atoms with van der Waals surface area (Å²) in [6.45, 7) is 1.99. The average molecular weight is 297 g/mol. The van der Waals surface area contributed by atoms with E-state index in [1.54, 1.807) is 0 Å². The molecule has 0 amide bonds. The Kier molecular flexibility index (Phi) is 4.03. The Morgan fingerprint density at radius 2 is 2.15 bits per heavy atom. The Morgan fingerprint density at radius 1 is 1.40 bits per heavy atom. The standard InChI is InChI=1S/C12H15N3O4S/c1-2-3-4-7-20(18,19)10-8-13-15-6-5-9(12(16)17)14-11(10)15/h5-6,8H,2-4,7H2,1H3,(H,16,17). The van der Waals surface area contributed by atoms with Gasteiger partial charge in [0.2, 0.25) is 0 Å². The van der Waals surface area contributed by atoms with Crippen LogP contribution in [-0.2, 0) is 9.84 Å². The van der Waals surface area contributed by atoms with E-state index in [1.165, 1.54) is 23.0 Å². The molecule has 0 aliphatic rings. The summed E-state index contributed by atoms with van der Waals surface area (Å²) in [7, 11) is -3.50. The van der Waals surface area contributed by atoms with E-state index >= 15 is 0 Å². The number of unbranched alkanes of at least 4 members (excludes halogenated alkanes) is 2. The summed E-state index contributed by atoms with van der Waals surface area (Å²) in [5.74, 6) is -1.19. The van der Waals surface area contributed by atoms with Crippen molar-refractivity contribution in [2.24, 2.45) is 0 Å². The summed E-state index contributed by atoms with van der Waals surface area (Å²) in [5, 5.41) is 12.8. The molecule has 0 unspecified atom stereocenters. The van der Waals surface area contributed by atoms with Crippen molar-refractivity contribution in [1.29, 1.82) is 0 Å². The zero-order valence-corrected chi connectivity index (χ0v) is 11.8. The van der Waals surface area contributed by atoms with Crippen molar-refractivity contribution < 1.29 is 18.3 Å². The third-order valence-electron chi connectivity index (χ3n) is 2.91. The number of aromatic carboxylic acids is 1. The summed E-state index contributed by atoms with van der Waals surface area (Å²) in [5.41, 5.74) is -0.149. The van der Waals surface area contributed by atoms with E-state index in [0.717, 1.165) is 12.8 Å². The zero-order valence-electron chi connectivity index (χ0n) is 11.0. The number of aromatic nitrogens is 3. The maximum Gasteiger partial charge on any atom is 0.354 e. The minimum absolute atomic E-state index is 0.0151. The van der Waals surface area contributed by atoms with Gasteiger partial charge in [0.1, 0.15) is 4.90 Å². The largest absolute Gasteiger partial charge is 0.477 e. The van der Waals surface area contributed by atoms with E-state index in [4.69, 9.17) is 5.11 Å². The third-order valence-corrected chi connectivity index (χ3v) is 4.69. The zero-order chi connectivity index (χ0) is 14.8. The topological polar surface area (TPSA) is 102 Å². The fourth-order valence-electron chi connectivity index (χ4n) is 1.84. The van der Waals surface area contributed by atoms with E-state index in [2.05, 4.69) is 10.1 Å². The van der Waals surface area contributed by atoms with Crippen molar-refractivity contribution in [3.05, 3.63) is 24.2 Å². The van der Waals surface area contributed by atoms with Crippen LogP contribution in [0.4, 0.5) is 0 Å². The number of sulfone groups is 1. The minimum Gasteiger partial charge on any atom is -0.477 e. The Bertz CT molecular complexity index is 736. The van der Waals surface area contributed by atoms with E-state index in [0.29, 0.717) is 6.42 Å². The van der Waals surface area contributed by atoms with Crippen molar-refractivity contribution in [2.75, 3.05) is 5.75 Å². The maximum atomic E-state index is 12.2. The number of carboxylic acids is 1.